The summed E-state index contributed by atoms with van der Waals surface area (Å²) in [7, 11) is 1.53. The van der Waals surface area contributed by atoms with Crippen molar-refractivity contribution in [2.75, 3.05) is 7.11 Å². The number of nitro groups is 1. The monoisotopic (exact) mass is 357 g/mol. The van der Waals surface area contributed by atoms with E-state index in [2.05, 4.69) is 10.2 Å². The second kappa shape index (κ2) is 7.35. The molecule has 0 unspecified atom stereocenters. The smallest absolute Gasteiger partial charge is 0.277 e. The van der Waals surface area contributed by atoms with Crippen LogP contribution in [0.2, 0.25) is 0 Å². The van der Waals surface area contributed by atoms with E-state index in [1.165, 1.54) is 31.0 Å². The van der Waals surface area contributed by atoms with Crippen molar-refractivity contribution in [3.8, 4) is 17.2 Å². The van der Waals surface area contributed by atoms with Gasteiger partial charge in [-0.05, 0) is 25.1 Å². The third kappa shape index (κ3) is 3.97. The highest BCUT2D eigenvalue weighted by Crippen LogP contribution is 2.31. The van der Waals surface area contributed by atoms with Gasteiger partial charge >= 0.3 is 0 Å². The summed E-state index contributed by atoms with van der Waals surface area (Å²) in [5.41, 5.74) is 2.70. The molecule has 7 nitrogen and oxygen atoms in total. The maximum absolute atomic E-state index is 10.9. The number of methoxy groups -OCH3 is 1. The molecule has 8 heteroatoms. The van der Waals surface area contributed by atoms with Crippen LogP contribution in [-0.2, 0) is 5.75 Å². The number of rotatable bonds is 6. The van der Waals surface area contributed by atoms with Crippen LogP contribution >= 0.6 is 11.8 Å². The molecule has 3 rings (SSSR count). The van der Waals surface area contributed by atoms with Gasteiger partial charge < -0.3 is 9.15 Å². The van der Waals surface area contributed by atoms with Crippen LogP contribution in [0.5, 0.6) is 5.75 Å². The number of hydrogen-bond acceptors (Lipinski definition) is 7. The Kier molecular flexibility index (Phi) is 4.99. The zero-order chi connectivity index (χ0) is 17.8. The van der Waals surface area contributed by atoms with Gasteiger partial charge in [0.25, 0.3) is 10.9 Å². The normalized spacial score (nSPS) is 10.6. The molecule has 0 N–H and O–H groups in total. The number of nitro benzene ring substituents is 1. The van der Waals surface area contributed by atoms with Gasteiger partial charge in [-0.25, -0.2) is 0 Å². The van der Waals surface area contributed by atoms with Gasteiger partial charge in [-0.2, -0.15) is 0 Å². The van der Waals surface area contributed by atoms with E-state index >= 15 is 0 Å². The molecule has 0 saturated heterocycles. The van der Waals surface area contributed by atoms with Crippen LogP contribution in [0.25, 0.3) is 11.5 Å². The lowest BCUT2D eigenvalue weighted by Crippen LogP contribution is -1.94. The van der Waals surface area contributed by atoms with Crippen molar-refractivity contribution in [3.63, 3.8) is 0 Å². The van der Waals surface area contributed by atoms with E-state index in [-0.39, 0.29) is 5.69 Å². The molecule has 0 saturated carbocycles. The Balaban J connectivity index is 1.75. The Bertz CT molecular complexity index is 893. The van der Waals surface area contributed by atoms with Gasteiger partial charge in [0.05, 0.1) is 12.0 Å². The van der Waals surface area contributed by atoms with Crippen molar-refractivity contribution in [1.29, 1.82) is 0 Å². The first-order valence-corrected chi connectivity index (χ1v) is 8.40. The van der Waals surface area contributed by atoms with Crippen molar-refractivity contribution >= 4 is 17.4 Å². The van der Waals surface area contributed by atoms with E-state index in [1.54, 1.807) is 6.07 Å². The number of aromatic nitrogens is 2. The molecule has 2 aromatic carbocycles. The summed E-state index contributed by atoms with van der Waals surface area (Å²) >= 11 is 1.30. The van der Waals surface area contributed by atoms with Crippen LogP contribution in [0.15, 0.2) is 52.1 Å². The van der Waals surface area contributed by atoms with Crippen molar-refractivity contribution in [3.05, 3.63) is 63.7 Å². The average Bonchev–Trinajstić information content (AvgIpc) is 3.09. The molecule has 0 radical (unpaired) electrons. The maximum Gasteiger partial charge on any atom is 0.277 e. The van der Waals surface area contributed by atoms with E-state index in [4.69, 9.17) is 9.15 Å². The molecule has 128 valence electrons. The summed E-state index contributed by atoms with van der Waals surface area (Å²) in [5.74, 6) is 1.44. The fourth-order valence-corrected chi connectivity index (χ4v) is 2.95. The lowest BCUT2D eigenvalue weighted by Gasteiger charge is -2.06. The minimum atomic E-state index is -0.435. The summed E-state index contributed by atoms with van der Waals surface area (Å²) in [6, 6.07) is 12.3. The average molecular weight is 357 g/mol. The lowest BCUT2D eigenvalue weighted by atomic mass is 10.1. The predicted octanol–water partition coefficient (Wildman–Crippen LogP) is 4.25. The van der Waals surface area contributed by atoms with Crippen LogP contribution in [0, 0.1) is 17.0 Å². The molecule has 0 bridgehead atoms. The number of ether oxygens (including phenoxy) is 1. The van der Waals surface area contributed by atoms with Gasteiger partial charge in [0.15, 0.2) is 0 Å². The largest absolute Gasteiger partial charge is 0.496 e. The number of aryl methyl sites for hydroxylation is 1. The first-order valence-electron chi connectivity index (χ1n) is 7.41. The summed E-state index contributed by atoms with van der Waals surface area (Å²) < 4.78 is 10.9. The standard InChI is InChI=1S/C17H15N3O4S/c1-11-3-5-12(6-4-11)16-18-19-17(24-16)25-10-13-9-14(20(21)22)7-8-15(13)23-2/h3-9H,10H2,1-2H3. The molecule has 1 heterocycles. The molecule has 0 fully saturated rings. The van der Waals surface area contributed by atoms with Gasteiger partial charge in [-0.15, -0.1) is 10.2 Å². The van der Waals surface area contributed by atoms with Gasteiger partial charge in [0.2, 0.25) is 5.89 Å². The molecule has 25 heavy (non-hydrogen) atoms. The number of hydrogen-bond donors (Lipinski definition) is 0. The SMILES string of the molecule is COc1ccc([N+](=O)[O-])cc1CSc1nnc(-c2ccc(C)cc2)o1. The molecule has 0 atom stereocenters. The van der Waals surface area contributed by atoms with Crippen molar-refractivity contribution in [2.45, 2.75) is 17.9 Å². The summed E-state index contributed by atoms with van der Waals surface area (Å²) in [6.07, 6.45) is 0. The minimum Gasteiger partial charge on any atom is -0.496 e. The third-order valence-electron chi connectivity index (χ3n) is 3.53. The molecule has 0 spiro atoms. The second-order valence-electron chi connectivity index (χ2n) is 5.28. The highest BCUT2D eigenvalue weighted by Gasteiger charge is 2.14. The zero-order valence-corrected chi connectivity index (χ0v) is 14.4. The van der Waals surface area contributed by atoms with Gasteiger partial charge in [0, 0.05) is 29.0 Å². The van der Waals surface area contributed by atoms with Gasteiger partial charge in [0.1, 0.15) is 5.75 Å². The van der Waals surface area contributed by atoms with Crippen LogP contribution in [0.1, 0.15) is 11.1 Å². The lowest BCUT2D eigenvalue weighted by molar-refractivity contribution is -0.384. The molecule has 0 aliphatic rings. The van der Waals surface area contributed by atoms with E-state index in [9.17, 15) is 10.1 Å². The molecule has 3 aromatic rings. The predicted molar refractivity (Wildman–Crippen MR) is 93.7 cm³/mol. The fraction of sp³-hybridized carbons (Fsp3) is 0.176. The topological polar surface area (TPSA) is 91.3 Å². The first-order chi connectivity index (χ1) is 12.1. The van der Waals surface area contributed by atoms with Gasteiger partial charge in [-0.1, -0.05) is 29.5 Å². The second-order valence-corrected chi connectivity index (χ2v) is 6.21. The van der Waals surface area contributed by atoms with Crippen LogP contribution < -0.4 is 4.74 Å². The quantitative estimate of drug-likeness (QED) is 0.370. The number of thioether (sulfide) groups is 1. The van der Waals surface area contributed by atoms with Crippen LogP contribution in [0.4, 0.5) is 5.69 Å². The third-order valence-corrected chi connectivity index (χ3v) is 4.40. The van der Waals surface area contributed by atoms with E-state index in [0.717, 1.165) is 11.1 Å². The van der Waals surface area contributed by atoms with Crippen LogP contribution in [0.3, 0.4) is 0 Å². The van der Waals surface area contributed by atoms with Gasteiger partial charge in [-0.3, -0.25) is 10.1 Å². The fourth-order valence-electron chi connectivity index (χ4n) is 2.21. The first kappa shape index (κ1) is 17.0. The molecular formula is C17H15N3O4S. The Morgan fingerprint density at radius 1 is 1.20 bits per heavy atom. The Labute approximate surface area is 148 Å². The van der Waals surface area contributed by atoms with E-state index < -0.39 is 4.92 Å². The van der Waals surface area contributed by atoms with Crippen molar-refractivity contribution < 1.29 is 14.1 Å². The van der Waals surface area contributed by atoms with Crippen molar-refractivity contribution in [1.82, 2.24) is 10.2 Å². The maximum atomic E-state index is 10.9. The Morgan fingerprint density at radius 3 is 2.64 bits per heavy atom. The highest BCUT2D eigenvalue weighted by atomic mass is 32.2. The summed E-state index contributed by atoms with van der Waals surface area (Å²) in [5, 5.41) is 19.4. The summed E-state index contributed by atoms with van der Waals surface area (Å²) in [4.78, 5) is 10.5. The molecule has 0 amide bonds. The Hall–Kier alpha value is -2.87. The number of nitrogens with zero attached hydrogens (tertiary/aromatic N) is 3. The summed E-state index contributed by atoms with van der Waals surface area (Å²) in [6.45, 7) is 2.01. The molecule has 0 aliphatic heterocycles. The molecule has 1 aromatic heterocycles. The molecule has 0 aliphatic carbocycles. The minimum absolute atomic E-state index is 0.0160. The van der Waals surface area contributed by atoms with Crippen LogP contribution in [-0.4, -0.2) is 22.2 Å². The van der Waals surface area contributed by atoms with E-state index in [0.29, 0.717) is 28.2 Å². The Morgan fingerprint density at radius 2 is 1.96 bits per heavy atom. The van der Waals surface area contributed by atoms with E-state index in [1.807, 2.05) is 31.2 Å². The van der Waals surface area contributed by atoms with Crippen molar-refractivity contribution in [2.24, 2.45) is 0 Å². The highest BCUT2D eigenvalue weighted by molar-refractivity contribution is 7.98. The zero-order valence-electron chi connectivity index (χ0n) is 13.6. The number of benzene rings is 2. The molecular weight excluding hydrogens is 342 g/mol. The number of non-ortho nitro benzene ring substituents is 1.